The lowest BCUT2D eigenvalue weighted by Crippen LogP contribution is -1.96. The fourth-order valence-electron chi connectivity index (χ4n) is 1.25. The van der Waals surface area contributed by atoms with Gasteiger partial charge in [-0.3, -0.25) is 0 Å². The van der Waals surface area contributed by atoms with Crippen LogP contribution >= 0.6 is 22.7 Å². The Labute approximate surface area is 101 Å². The predicted molar refractivity (Wildman–Crippen MR) is 67.8 cm³/mol. The summed E-state index contributed by atoms with van der Waals surface area (Å²) in [6.07, 6.45) is 0. The molecule has 0 fully saturated rings. The highest BCUT2D eigenvalue weighted by atomic mass is 32.1. The molecule has 0 aliphatic heterocycles. The molecular weight excluding hydrogens is 238 g/mol. The van der Waals surface area contributed by atoms with E-state index in [2.05, 4.69) is 11.1 Å². The van der Waals surface area contributed by atoms with Crippen molar-refractivity contribution in [3.8, 4) is 16.6 Å². The van der Waals surface area contributed by atoms with Gasteiger partial charge in [0.05, 0.1) is 11.3 Å². The van der Waals surface area contributed by atoms with Crippen molar-refractivity contribution in [3.63, 3.8) is 0 Å². The number of thiophene rings is 1. The van der Waals surface area contributed by atoms with Gasteiger partial charge in [0.15, 0.2) is 0 Å². The van der Waals surface area contributed by atoms with Gasteiger partial charge < -0.3 is 5.73 Å². The second-order valence-electron chi connectivity index (χ2n) is 3.22. The van der Waals surface area contributed by atoms with Gasteiger partial charge in [-0.05, 0) is 18.4 Å². The summed E-state index contributed by atoms with van der Waals surface area (Å²) in [5.41, 5.74) is 8.34. The Bertz CT molecular complexity index is 554. The van der Waals surface area contributed by atoms with Crippen LogP contribution in [0.25, 0.3) is 16.1 Å². The molecule has 2 aromatic heterocycles. The number of allylic oxidation sites excluding steroid dienone is 2. The number of aromatic nitrogens is 1. The molecule has 16 heavy (non-hydrogen) atoms. The summed E-state index contributed by atoms with van der Waals surface area (Å²) in [6.45, 7) is 1.71. The summed E-state index contributed by atoms with van der Waals surface area (Å²) in [6, 6.07) is 4.09. The Morgan fingerprint density at radius 2 is 2.31 bits per heavy atom. The van der Waals surface area contributed by atoms with Crippen molar-refractivity contribution in [1.29, 1.82) is 5.26 Å². The van der Waals surface area contributed by atoms with E-state index in [1.807, 2.05) is 22.2 Å². The maximum atomic E-state index is 8.97. The largest absolute Gasteiger partial charge is 0.401 e. The van der Waals surface area contributed by atoms with Crippen molar-refractivity contribution < 1.29 is 0 Å². The molecule has 0 aliphatic carbocycles. The molecule has 3 nitrogen and oxygen atoms in total. The molecule has 0 saturated carbocycles. The lowest BCUT2D eigenvalue weighted by atomic mass is 10.2. The fourth-order valence-corrected chi connectivity index (χ4v) is 2.78. The van der Waals surface area contributed by atoms with E-state index in [9.17, 15) is 0 Å². The van der Waals surface area contributed by atoms with E-state index < -0.39 is 0 Å². The van der Waals surface area contributed by atoms with Gasteiger partial charge in [0.1, 0.15) is 11.1 Å². The molecule has 2 rings (SSSR count). The smallest absolute Gasteiger partial charge is 0.124 e. The molecule has 2 N–H and O–H groups in total. The van der Waals surface area contributed by atoms with Crippen molar-refractivity contribution in [2.24, 2.45) is 5.73 Å². The summed E-state index contributed by atoms with van der Waals surface area (Å²) in [7, 11) is 0. The van der Waals surface area contributed by atoms with Gasteiger partial charge in [-0.1, -0.05) is 0 Å². The number of nitrogens with two attached hydrogens (primary N) is 1. The zero-order valence-corrected chi connectivity index (χ0v) is 10.2. The summed E-state index contributed by atoms with van der Waals surface area (Å²) >= 11 is 3.15. The van der Waals surface area contributed by atoms with Crippen molar-refractivity contribution in [1.82, 2.24) is 4.98 Å². The second-order valence-corrected chi connectivity index (χ2v) is 4.86. The third-order valence-corrected chi connectivity index (χ3v) is 3.61. The first-order chi connectivity index (χ1) is 7.72. The maximum absolute atomic E-state index is 8.97. The Morgan fingerprint density at radius 1 is 1.50 bits per heavy atom. The number of nitriles is 1. The van der Waals surface area contributed by atoms with Gasteiger partial charge in [0, 0.05) is 22.0 Å². The molecule has 2 aromatic rings. The fraction of sp³-hybridized carbons (Fsp3) is 0.0909. The van der Waals surface area contributed by atoms with Crippen LogP contribution in [-0.2, 0) is 0 Å². The monoisotopic (exact) mass is 247 g/mol. The molecular formula is C11H9N3S2. The van der Waals surface area contributed by atoms with Crippen LogP contribution in [-0.4, -0.2) is 4.98 Å². The van der Waals surface area contributed by atoms with Crippen molar-refractivity contribution in [2.75, 3.05) is 0 Å². The van der Waals surface area contributed by atoms with E-state index >= 15 is 0 Å². The van der Waals surface area contributed by atoms with Crippen LogP contribution < -0.4 is 5.73 Å². The highest BCUT2D eigenvalue weighted by Gasteiger charge is 2.10. The SMILES string of the molecule is C/C(N)=C(/C#N)c1csc(-c2ccsc2)n1. The molecule has 0 radical (unpaired) electrons. The first kappa shape index (κ1) is 10.9. The van der Waals surface area contributed by atoms with Crippen LogP contribution in [0.15, 0.2) is 27.9 Å². The lowest BCUT2D eigenvalue weighted by Gasteiger charge is -1.95. The second kappa shape index (κ2) is 4.47. The van der Waals surface area contributed by atoms with E-state index in [-0.39, 0.29) is 0 Å². The van der Waals surface area contributed by atoms with E-state index in [0.29, 0.717) is 17.0 Å². The zero-order chi connectivity index (χ0) is 11.5. The van der Waals surface area contributed by atoms with E-state index in [0.717, 1.165) is 10.6 Å². The molecule has 0 atom stereocenters. The van der Waals surface area contributed by atoms with Crippen molar-refractivity contribution in [2.45, 2.75) is 6.92 Å². The maximum Gasteiger partial charge on any atom is 0.124 e. The summed E-state index contributed by atoms with van der Waals surface area (Å²) < 4.78 is 0. The Kier molecular flexibility index (Phi) is 3.04. The topological polar surface area (TPSA) is 62.7 Å². The van der Waals surface area contributed by atoms with Gasteiger partial charge in [0.2, 0.25) is 0 Å². The molecule has 0 amide bonds. The molecule has 0 aromatic carbocycles. The predicted octanol–water partition coefficient (Wildman–Crippen LogP) is 3.08. The van der Waals surface area contributed by atoms with Crippen LogP contribution in [0.2, 0.25) is 0 Å². The first-order valence-corrected chi connectivity index (χ1v) is 6.39. The number of nitrogens with zero attached hydrogens (tertiary/aromatic N) is 2. The molecule has 2 heterocycles. The Hall–Kier alpha value is -1.64. The van der Waals surface area contributed by atoms with Gasteiger partial charge in [-0.15, -0.1) is 11.3 Å². The van der Waals surface area contributed by atoms with Crippen LogP contribution in [0.5, 0.6) is 0 Å². The van der Waals surface area contributed by atoms with E-state index in [1.165, 1.54) is 11.3 Å². The number of rotatable bonds is 2. The highest BCUT2D eigenvalue weighted by molar-refractivity contribution is 7.14. The van der Waals surface area contributed by atoms with Crippen molar-refractivity contribution >= 4 is 28.2 Å². The lowest BCUT2D eigenvalue weighted by molar-refractivity contribution is 1.28. The summed E-state index contributed by atoms with van der Waals surface area (Å²) in [5.74, 6) is 0. The number of hydrogen-bond donors (Lipinski definition) is 1. The number of thiazole rings is 1. The van der Waals surface area contributed by atoms with Gasteiger partial charge in [0.25, 0.3) is 0 Å². The Morgan fingerprint density at radius 3 is 2.88 bits per heavy atom. The third-order valence-electron chi connectivity index (χ3n) is 2.03. The van der Waals surface area contributed by atoms with E-state index in [4.69, 9.17) is 11.0 Å². The van der Waals surface area contributed by atoms with Gasteiger partial charge in [-0.25, -0.2) is 4.98 Å². The quantitative estimate of drug-likeness (QED) is 0.829. The van der Waals surface area contributed by atoms with Gasteiger partial charge >= 0.3 is 0 Å². The molecule has 80 valence electrons. The highest BCUT2D eigenvalue weighted by Crippen LogP contribution is 2.28. The molecule has 0 aliphatic rings. The molecule has 5 heteroatoms. The summed E-state index contributed by atoms with van der Waals surface area (Å²) in [4.78, 5) is 4.41. The minimum absolute atomic E-state index is 0.456. The summed E-state index contributed by atoms with van der Waals surface area (Å²) in [5, 5.41) is 15.8. The van der Waals surface area contributed by atoms with Crippen LogP contribution in [0.3, 0.4) is 0 Å². The van der Waals surface area contributed by atoms with Crippen LogP contribution in [0, 0.1) is 11.3 Å². The first-order valence-electron chi connectivity index (χ1n) is 4.57. The molecule has 0 spiro atoms. The minimum Gasteiger partial charge on any atom is -0.401 e. The molecule has 0 saturated heterocycles. The minimum atomic E-state index is 0.456. The average Bonchev–Trinajstić information content (AvgIpc) is 2.86. The van der Waals surface area contributed by atoms with Crippen LogP contribution in [0.4, 0.5) is 0 Å². The molecule has 0 bridgehead atoms. The normalized spacial score (nSPS) is 12.0. The zero-order valence-electron chi connectivity index (χ0n) is 8.60. The molecule has 0 unspecified atom stereocenters. The van der Waals surface area contributed by atoms with Crippen LogP contribution in [0.1, 0.15) is 12.6 Å². The number of hydrogen-bond acceptors (Lipinski definition) is 5. The van der Waals surface area contributed by atoms with Crippen molar-refractivity contribution in [3.05, 3.63) is 33.6 Å². The standard InChI is InChI=1S/C11H9N3S2/c1-7(13)9(4-12)10-6-16-11(14-10)8-2-3-15-5-8/h2-3,5-6H,13H2,1H3/b9-7+. The average molecular weight is 247 g/mol. The Balaban J connectivity index is 2.42. The third kappa shape index (κ3) is 1.98. The van der Waals surface area contributed by atoms with Gasteiger partial charge in [-0.2, -0.15) is 16.6 Å². The van der Waals surface area contributed by atoms with E-state index in [1.54, 1.807) is 18.3 Å².